The van der Waals surface area contributed by atoms with Crippen LogP contribution in [0.5, 0.6) is 0 Å². The maximum atomic E-state index is 13.1. The number of aryl methyl sites for hydroxylation is 1. The summed E-state index contributed by atoms with van der Waals surface area (Å²) < 4.78 is 0. The summed E-state index contributed by atoms with van der Waals surface area (Å²) in [5, 5.41) is 3.67. The van der Waals surface area contributed by atoms with Gasteiger partial charge in [-0.1, -0.05) is 43.3 Å². The molecule has 194 valence electrons. The molecule has 1 saturated carbocycles. The minimum absolute atomic E-state index is 0.208. The van der Waals surface area contributed by atoms with Crippen LogP contribution in [0.3, 0.4) is 0 Å². The molecule has 1 aliphatic carbocycles. The van der Waals surface area contributed by atoms with Crippen LogP contribution in [0.25, 0.3) is 16.7 Å². The van der Waals surface area contributed by atoms with Gasteiger partial charge in [0.25, 0.3) is 0 Å². The summed E-state index contributed by atoms with van der Waals surface area (Å²) in [4.78, 5) is 25.1. The first-order valence-electron chi connectivity index (χ1n) is 13.8. The van der Waals surface area contributed by atoms with Crippen LogP contribution in [-0.2, 0) is 17.6 Å². The molecule has 2 aliphatic rings. The number of allylic oxidation sites excluding steroid dienone is 1. The third-order valence-electron chi connectivity index (χ3n) is 7.94. The van der Waals surface area contributed by atoms with Crippen molar-refractivity contribution in [3.05, 3.63) is 95.3 Å². The molecule has 0 spiro atoms. The Balaban J connectivity index is 1.08. The van der Waals surface area contributed by atoms with E-state index in [0.29, 0.717) is 6.42 Å². The fourth-order valence-electron chi connectivity index (χ4n) is 5.51. The number of piperazine rings is 1. The van der Waals surface area contributed by atoms with Crippen LogP contribution >= 0.6 is 0 Å². The molecular weight excluding hydrogens is 470 g/mol. The average Bonchev–Trinajstić information content (AvgIpc) is 3.41. The van der Waals surface area contributed by atoms with Crippen LogP contribution in [-0.4, -0.2) is 47.0 Å². The first-order chi connectivity index (χ1) is 18.7. The molecule has 38 heavy (non-hydrogen) atoms. The number of H-pyrrole nitrogens is 1. The number of benzene rings is 3. The summed E-state index contributed by atoms with van der Waals surface area (Å²) in [6.45, 7) is 5.51. The van der Waals surface area contributed by atoms with E-state index in [1.165, 1.54) is 34.5 Å². The first-order valence-corrected chi connectivity index (χ1v) is 13.8. The Labute approximate surface area is 224 Å². The Morgan fingerprint density at radius 1 is 0.974 bits per heavy atom. The summed E-state index contributed by atoms with van der Waals surface area (Å²) in [6, 6.07) is 23.3. The van der Waals surface area contributed by atoms with Crippen molar-refractivity contribution in [3.8, 4) is 0 Å². The average molecular weight is 506 g/mol. The van der Waals surface area contributed by atoms with Gasteiger partial charge in [0.15, 0.2) is 0 Å². The van der Waals surface area contributed by atoms with Gasteiger partial charge in [0.1, 0.15) is 0 Å². The number of anilines is 2. The number of nitrogens with zero attached hydrogens (tertiary/aromatic N) is 3. The van der Waals surface area contributed by atoms with Crippen molar-refractivity contribution in [2.75, 3.05) is 36.4 Å². The zero-order valence-electron chi connectivity index (χ0n) is 22.0. The lowest BCUT2D eigenvalue weighted by Gasteiger charge is -2.37. The molecule has 0 atom stereocenters. The zero-order valence-corrected chi connectivity index (χ0v) is 22.0. The molecule has 0 radical (unpaired) electrons. The van der Waals surface area contributed by atoms with Crippen molar-refractivity contribution in [3.63, 3.8) is 0 Å². The van der Waals surface area contributed by atoms with Gasteiger partial charge in [-0.15, -0.1) is 0 Å². The second kappa shape index (κ2) is 10.7. The number of hydrogen-bond donors (Lipinski definition) is 2. The normalized spacial score (nSPS) is 15.4. The van der Waals surface area contributed by atoms with E-state index in [9.17, 15) is 4.79 Å². The second-order valence-corrected chi connectivity index (χ2v) is 10.3. The summed E-state index contributed by atoms with van der Waals surface area (Å²) in [6.07, 6.45) is 6.71. The zero-order chi connectivity index (χ0) is 25.9. The molecule has 6 nitrogen and oxygen atoms in total. The van der Waals surface area contributed by atoms with Gasteiger partial charge >= 0.3 is 0 Å². The second-order valence-electron chi connectivity index (χ2n) is 10.3. The highest BCUT2D eigenvalue weighted by molar-refractivity contribution is 5.86. The van der Waals surface area contributed by atoms with E-state index in [4.69, 9.17) is 0 Å². The molecule has 1 amide bonds. The number of hydrogen-bond acceptors (Lipinski definition) is 4. The fourth-order valence-corrected chi connectivity index (χ4v) is 5.51. The largest absolute Gasteiger partial charge is 0.368 e. The van der Waals surface area contributed by atoms with Crippen LogP contribution in [0.15, 0.2) is 78.6 Å². The lowest BCUT2D eigenvalue weighted by Crippen LogP contribution is -2.49. The van der Waals surface area contributed by atoms with Gasteiger partial charge in [-0.2, -0.15) is 0 Å². The standard InChI is InChI=1S/C32H35N5O/c1-2-24-6-3-4-9-30(24)36-16-18-37(19-17-36)31(38)20-23-10-13-27(14-11-23)35-32(25-7-5-8-25)26-12-15-28-29(21-26)34-22-33-28/h3-4,6,9-15,21-22,35H,2,5,7-8,16-20H2,1H3,(H,33,34). The summed E-state index contributed by atoms with van der Waals surface area (Å²) in [7, 11) is 0. The smallest absolute Gasteiger partial charge is 0.227 e. The molecule has 4 aromatic rings. The van der Waals surface area contributed by atoms with Gasteiger partial charge in [0.05, 0.1) is 23.8 Å². The number of aromatic amines is 1. The number of imidazole rings is 1. The van der Waals surface area contributed by atoms with Crippen molar-refractivity contribution in [2.45, 2.75) is 39.0 Å². The number of aromatic nitrogens is 2. The van der Waals surface area contributed by atoms with Crippen LogP contribution in [0.2, 0.25) is 0 Å². The molecule has 6 rings (SSSR count). The Morgan fingerprint density at radius 3 is 2.50 bits per heavy atom. The van der Waals surface area contributed by atoms with Gasteiger partial charge in [0, 0.05) is 48.8 Å². The molecule has 1 aliphatic heterocycles. The number of para-hydroxylation sites is 1. The number of amides is 1. The maximum absolute atomic E-state index is 13.1. The Kier molecular flexibility index (Phi) is 6.86. The van der Waals surface area contributed by atoms with E-state index < -0.39 is 0 Å². The van der Waals surface area contributed by atoms with Crippen molar-refractivity contribution >= 4 is 34.0 Å². The Bertz CT molecular complexity index is 1450. The van der Waals surface area contributed by atoms with E-state index in [-0.39, 0.29) is 5.91 Å². The molecule has 6 heteroatoms. The number of rotatable bonds is 7. The number of fused-ring (bicyclic) bond motifs is 1. The molecule has 2 N–H and O–H groups in total. The Hall–Kier alpha value is -4.06. The van der Waals surface area contributed by atoms with Crippen LogP contribution in [0.4, 0.5) is 11.4 Å². The molecule has 1 aromatic heterocycles. The quantitative estimate of drug-likeness (QED) is 0.322. The maximum Gasteiger partial charge on any atom is 0.227 e. The molecule has 0 unspecified atom stereocenters. The minimum atomic E-state index is 0.208. The topological polar surface area (TPSA) is 64.3 Å². The fraction of sp³-hybridized carbons (Fsp3) is 0.312. The van der Waals surface area contributed by atoms with Crippen LogP contribution in [0, 0.1) is 0 Å². The van der Waals surface area contributed by atoms with Crippen molar-refractivity contribution in [1.82, 2.24) is 14.9 Å². The van der Waals surface area contributed by atoms with E-state index >= 15 is 0 Å². The molecule has 2 heterocycles. The van der Waals surface area contributed by atoms with E-state index in [0.717, 1.165) is 67.7 Å². The number of carbonyl (C=O) groups is 1. The van der Waals surface area contributed by atoms with Crippen molar-refractivity contribution in [2.24, 2.45) is 0 Å². The Morgan fingerprint density at radius 2 is 1.76 bits per heavy atom. The lowest BCUT2D eigenvalue weighted by molar-refractivity contribution is -0.130. The summed E-state index contributed by atoms with van der Waals surface area (Å²) in [5.41, 5.74) is 10.6. The molecule has 1 saturated heterocycles. The highest BCUT2D eigenvalue weighted by atomic mass is 16.2. The van der Waals surface area contributed by atoms with E-state index in [1.54, 1.807) is 6.33 Å². The predicted octanol–water partition coefficient (Wildman–Crippen LogP) is 6.02. The molecular formula is C32H35N5O. The van der Waals surface area contributed by atoms with Gasteiger partial charge in [0.2, 0.25) is 5.91 Å². The highest BCUT2D eigenvalue weighted by Crippen LogP contribution is 2.35. The van der Waals surface area contributed by atoms with Gasteiger partial charge in [-0.3, -0.25) is 4.79 Å². The van der Waals surface area contributed by atoms with Crippen molar-refractivity contribution in [1.29, 1.82) is 0 Å². The molecule has 0 bridgehead atoms. The predicted molar refractivity (Wildman–Crippen MR) is 155 cm³/mol. The van der Waals surface area contributed by atoms with Crippen LogP contribution < -0.4 is 10.2 Å². The summed E-state index contributed by atoms with van der Waals surface area (Å²) >= 11 is 0. The van der Waals surface area contributed by atoms with E-state index in [2.05, 4.69) is 93.8 Å². The third kappa shape index (κ3) is 5.03. The van der Waals surface area contributed by atoms with Gasteiger partial charge in [-0.25, -0.2) is 4.98 Å². The summed E-state index contributed by atoms with van der Waals surface area (Å²) in [5.74, 6) is 0.208. The van der Waals surface area contributed by atoms with Gasteiger partial charge in [-0.05, 0) is 72.7 Å². The minimum Gasteiger partial charge on any atom is -0.368 e. The number of nitrogens with one attached hydrogen (secondary N) is 2. The van der Waals surface area contributed by atoms with Crippen molar-refractivity contribution < 1.29 is 4.79 Å². The highest BCUT2D eigenvalue weighted by Gasteiger charge is 2.22. The molecule has 2 fully saturated rings. The van der Waals surface area contributed by atoms with Gasteiger partial charge < -0.3 is 20.1 Å². The first kappa shape index (κ1) is 24.3. The monoisotopic (exact) mass is 505 g/mol. The third-order valence-corrected chi connectivity index (χ3v) is 7.94. The number of carbonyl (C=O) groups excluding carboxylic acids is 1. The van der Waals surface area contributed by atoms with E-state index in [1.807, 2.05) is 4.90 Å². The van der Waals surface area contributed by atoms with Crippen LogP contribution in [0.1, 0.15) is 42.9 Å². The lowest BCUT2D eigenvalue weighted by atomic mass is 9.88. The SMILES string of the molecule is CCc1ccccc1N1CCN(C(=O)Cc2ccc(NC(=C3CCC3)c3ccc4nc[nH]c4c3)cc2)CC1. The molecule has 3 aromatic carbocycles.